The summed E-state index contributed by atoms with van der Waals surface area (Å²) in [6, 6.07) is 12.7. The Balaban J connectivity index is 2.10. The van der Waals surface area contributed by atoms with E-state index in [0.29, 0.717) is 16.8 Å². The molecule has 1 heterocycles. The molecule has 0 radical (unpaired) electrons. The first-order valence-electron chi connectivity index (χ1n) is 10.5. The molecule has 2 aromatic carbocycles. The molecule has 7 heteroatoms. The van der Waals surface area contributed by atoms with Crippen LogP contribution in [-0.2, 0) is 4.79 Å². The number of anilines is 1. The zero-order valence-corrected chi connectivity index (χ0v) is 18.0. The maximum Gasteiger partial charge on any atom is 0.305 e. The minimum atomic E-state index is -1.19. The van der Waals surface area contributed by atoms with E-state index in [-0.39, 0.29) is 18.2 Å². The first-order chi connectivity index (χ1) is 15.2. The average molecular weight is 440 g/mol. The third kappa shape index (κ3) is 5.24. The Morgan fingerprint density at radius 2 is 1.81 bits per heavy atom. The lowest BCUT2D eigenvalue weighted by Gasteiger charge is -2.47. The highest BCUT2D eigenvalue weighted by Gasteiger charge is 2.30. The summed E-state index contributed by atoms with van der Waals surface area (Å²) >= 11 is 0. The molecule has 3 N–H and O–H groups in total. The number of aliphatic carboxylic acids is 1. The fourth-order valence-electron chi connectivity index (χ4n) is 4.06. The van der Waals surface area contributed by atoms with Gasteiger partial charge in [0.15, 0.2) is 0 Å². The van der Waals surface area contributed by atoms with Crippen LogP contribution in [-0.4, -0.2) is 39.5 Å². The van der Waals surface area contributed by atoms with Crippen LogP contribution in [0.5, 0.6) is 0 Å². The second kappa shape index (κ2) is 10.1. The molecule has 0 aliphatic carbocycles. The van der Waals surface area contributed by atoms with Gasteiger partial charge in [-0.3, -0.25) is 4.79 Å². The maximum absolute atomic E-state index is 13.6. The van der Waals surface area contributed by atoms with Crippen molar-refractivity contribution in [2.75, 3.05) is 5.06 Å². The van der Waals surface area contributed by atoms with Crippen molar-refractivity contribution in [1.82, 2.24) is 0 Å². The molecule has 0 spiro atoms. The third-order valence-corrected chi connectivity index (χ3v) is 5.46. The zero-order chi connectivity index (χ0) is 23.4. The summed E-state index contributed by atoms with van der Waals surface area (Å²) in [6.45, 7) is 3.85. The van der Waals surface area contributed by atoms with Crippen molar-refractivity contribution in [3.05, 3.63) is 88.4 Å². The second-order valence-corrected chi connectivity index (χ2v) is 8.28. The van der Waals surface area contributed by atoms with Gasteiger partial charge in [0.05, 0.1) is 18.6 Å². The van der Waals surface area contributed by atoms with Crippen LogP contribution in [0.15, 0.2) is 66.3 Å². The highest BCUT2D eigenvalue weighted by molar-refractivity contribution is 5.93. The molecule has 1 aliphatic heterocycles. The Morgan fingerprint density at radius 1 is 1.16 bits per heavy atom. The van der Waals surface area contributed by atoms with E-state index >= 15 is 0 Å². The van der Waals surface area contributed by atoms with Crippen molar-refractivity contribution in [2.45, 2.75) is 44.9 Å². The number of rotatable bonds is 8. The monoisotopic (exact) mass is 440 g/mol. The molecule has 3 rings (SSSR count). The fourth-order valence-corrected chi connectivity index (χ4v) is 4.06. The quantitative estimate of drug-likeness (QED) is 0.571. The van der Waals surface area contributed by atoms with E-state index in [1.807, 2.05) is 26.0 Å². The summed E-state index contributed by atoms with van der Waals surface area (Å²) in [5.41, 5.74) is 3.37. The van der Waals surface area contributed by atoms with Gasteiger partial charge in [0, 0.05) is 23.7 Å². The van der Waals surface area contributed by atoms with Crippen molar-refractivity contribution in [1.29, 1.82) is 0 Å². The summed E-state index contributed by atoms with van der Waals surface area (Å²) in [7, 11) is 0. The molecule has 6 nitrogen and oxygen atoms in total. The lowest BCUT2D eigenvalue weighted by molar-refractivity contribution is -0.139. The number of carboxylic acids is 1. The Morgan fingerprint density at radius 3 is 2.44 bits per heavy atom. The fraction of sp³-hybridized carbons (Fsp3) is 0.320. The number of aliphatic hydroxyl groups excluding tert-OH is 2. The van der Waals surface area contributed by atoms with Crippen LogP contribution in [0.1, 0.15) is 37.8 Å². The van der Waals surface area contributed by atoms with Gasteiger partial charge in [0.2, 0.25) is 0 Å². The van der Waals surface area contributed by atoms with E-state index in [9.17, 15) is 24.6 Å². The van der Waals surface area contributed by atoms with Crippen LogP contribution >= 0.6 is 0 Å². The Labute approximate surface area is 186 Å². The van der Waals surface area contributed by atoms with Gasteiger partial charge in [0.1, 0.15) is 5.82 Å². The number of aliphatic hydroxyl groups is 2. The zero-order valence-electron chi connectivity index (χ0n) is 18.0. The Hall–Kier alpha value is -3.00. The van der Waals surface area contributed by atoms with E-state index in [1.54, 1.807) is 30.3 Å². The third-order valence-electron chi connectivity index (χ3n) is 5.46. The molecule has 0 aromatic heterocycles. The first-order valence-corrected chi connectivity index (χ1v) is 10.5. The number of carbonyl (C=O) groups is 1. The van der Waals surface area contributed by atoms with Crippen LogP contribution < -0.4 is 5.06 Å². The van der Waals surface area contributed by atoms with Crippen LogP contribution in [0, 0.1) is 16.9 Å². The van der Waals surface area contributed by atoms with Crippen molar-refractivity contribution in [3.63, 3.8) is 0 Å². The molecule has 2 unspecified atom stereocenters. The van der Waals surface area contributed by atoms with Gasteiger partial charge in [-0.05, 0) is 40.8 Å². The van der Waals surface area contributed by atoms with Gasteiger partial charge >= 0.3 is 5.97 Å². The van der Waals surface area contributed by atoms with Crippen molar-refractivity contribution in [2.24, 2.45) is 5.92 Å². The van der Waals surface area contributed by atoms with E-state index < -0.39 is 30.6 Å². The molecule has 0 saturated heterocycles. The van der Waals surface area contributed by atoms with Gasteiger partial charge in [-0.25, -0.2) is 4.39 Å². The van der Waals surface area contributed by atoms with Crippen LogP contribution in [0.4, 0.5) is 10.1 Å². The van der Waals surface area contributed by atoms with E-state index in [2.05, 4.69) is 0 Å². The summed E-state index contributed by atoms with van der Waals surface area (Å²) in [5, 5.41) is 43.2. The topological polar surface area (TPSA) is 104 Å². The molecule has 0 fully saturated rings. The molecule has 0 amide bonds. The molecule has 0 saturated carbocycles. The molecule has 2 aromatic rings. The van der Waals surface area contributed by atoms with Gasteiger partial charge in [0.25, 0.3) is 0 Å². The van der Waals surface area contributed by atoms with Gasteiger partial charge < -0.3 is 25.6 Å². The normalized spacial score (nSPS) is 18.2. The summed E-state index contributed by atoms with van der Waals surface area (Å²) in [6.07, 6.45) is 0.207. The molecule has 1 aliphatic rings. The number of hydroxylamine groups is 1. The van der Waals surface area contributed by atoms with Crippen molar-refractivity contribution < 1.29 is 24.5 Å². The van der Waals surface area contributed by atoms with Gasteiger partial charge in [-0.15, -0.1) is 0 Å². The SMILES string of the molecule is CC(C)C1C(/C=C/[C@@H](O)CC(O)CC(=O)O)=C(c2ccc(F)cc2)c2ccccc2N1[O-]. The van der Waals surface area contributed by atoms with Crippen LogP contribution in [0.3, 0.4) is 0 Å². The molecule has 170 valence electrons. The molecule has 3 atom stereocenters. The van der Waals surface area contributed by atoms with Crippen LogP contribution in [0.25, 0.3) is 5.57 Å². The number of nitrogens with zero attached hydrogens (tertiary/aromatic N) is 1. The van der Waals surface area contributed by atoms with Crippen molar-refractivity contribution >= 4 is 17.2 Å². The second-order valence-electron chi connectivity index (χ2n) is 8.28. The Kier molecular flexibility index (Phi) is 7.45. The number of halogens is 1. The van der Waals surface area contributed by atoms with E-state index in [1.165, 1.54) is 18.2 Å². The van der Waals surface area contributed by atoms with E-state index in [0.717, 1.165) is 16.2 Å². The first kappa shape index (κ1) is 23.7. The van der Waals surface area contributed by atoms with Gasteiger partial charge in [-0.2, -0.15) is 0 Å². The molecular formula is C25H27FNO5-. The average Bonchev–Trinajstić information content (AvgIpc) is 2.72. The molecule has 0 bridgehead atoms. The summed E-state index contributed by atoms with van der Waals surface area (Å²) in [4.78, 5) is 10.8. The number of benzene rings is 2. The van der Waals surface area contributed by atoms with Gasteiger partial charge in [-0.1, -0.05) is 56.3 Å². The minimum Gasteiger partial charge on any atom is -0.758 e. The number of carboxylic acid groups (broad SMARTS) is 1. The predicted octanol–water partition coefficient (Wildman–Crippen LogP) is 4.11. The highest BCUT2D eigenvalue weighted by atomic mass is 19.1. The largest absolute Gasteiger partial charge is 0.758 e. The van der Waals surface area contributed by atoms with E-state index in [4.69, 9.17) is 5.11 Å². The standard InChI is InChI=1S/C25H27FNO5/c1-15(2)25-21(12-11-18(28)13-19(29)14-23(30)31)24(16-7-9-17(26)10-8-16)20-5-3-4-6-22(20)27(25)32/h3-12,15,18-19,25,28-29H,13-14H2,1-2H3,(H,30,31)/q-1/b12-11+/t18-,19?,25?/m1/s1. The number of hydrogen-bond donors (Lipinski definition) is 3. The minimum absolute atomic E-state index is 0.0781. The predicted molar refractivity (Wildman–Crippen MR) is 121 cm³/mol. The number of hydrogen-bond acceptors (Lipinski definition) is 5. The van der Waals surface area contributed by atoms with Crippen molar-refractivity contribution in [3.8, 4) is 0 Å². The number of fused-ring (bicyclic) bond motifs is 1. The number of para-hydroxylation sites is 1. The summed E-state index contributed by atoms with van der Waals surface area (Å²) < 4.78 is 13.6. The molecule has 32 heavy (non-hydrogen) atoms. The smallest absolute Gasteiger partial charge is 0.305 e. The maximum atomic E-state index is 13.6. The Bertz CT molecular complexity index is 1020. The van der Waals surface area contributed by atoms with Crippen LogP contribution in [0.2, 0.25) is 0 Å². The lowest BCUT2D eigenvalue weighted by atomic mass is 9.81. The summed E-state index contributed by atoms with van der Waals surface area (Å²) in [5.74, 6) is -1.60. The highest BCUT2D eigenvalue weighted by Crippen LogP contribution is 2.43. The molecular weight excluding hydrogens is 413 g/mol. The lowest BCUT2D eigenvalue weighted by Crippen LogP contribution is -2.39.